The fourth-order valence-corrected chi connectivity index (χ4v) is 1.20. The third-order valence-electron chi connectivity index (χ3n) is 1.89. The Morgan fingerprint density at radius 3 is 2.71 bits per heavy atom. The number of nitrogens with zero attached hydrogens (tertiary/aromatic N) is 3. The molecule has 0 spiro atoms. The molecule has 0 aliphatic rings. The monoisotopic (exact) mass is 188 g/mol. The number of hydrogen-bond donors (Lipinski definition) is 1. The Hall–Kier alpha value is -1.84. The lowest BCUT2D eigenvalue weighted by atomic mass is 10.2. The number of aromatic nitrogens is 3. The molecule has 0 unspecified atom stereocenters. The van der Waals surface area contributed by atoms with E-state index in [2.05, 4.69) is 27.5 Å². The standard InChI is InChI=1S/C10H12N4/c1-14-8-12-10(13-14)11-7-9-5-3-2-4-6-9/h2-6,8H,7H2,1H3,(H,11,13). The van der Waals surface area contributed by atoms with E-state index in [1.54, 1.807) is 11.0 Å². The summed E-state index contributed by atoms with van der Waals surface area (Å²) >= 11 is 0. The minimum Gasteiger partial charge on any atom is -0.349 e. The van der Waals surface area contributed by atoms with Crippen LogP contribution in [0.1, 0.15) is 5.56 Å². The van der Waals surface area contributed by atoms with Crippen LogP contribution >= 0.6 is 0 Å². The van der Waals surface area contributed by atoms with Gasteiger partial charge in [-0.05, 0) is 5.56 Å². The number of hydrogen-bond acceptors (Lipinski definition) is 3. The van der Waals surface area contributed by atoms with Gasteiger partial charge in [-0.2, -0.15) is 0 Å². The van der Waals surface area contributed by atoms with Crippen molar-refractivity contribution in [3.05, 3.63) is 42.2 Å². The summed E-state index contributed by atoms with van der Waals surface area (Å²) in [6.07, 6.45) is 1.67. The number of rotatable bonds is 3. The van der Waals surface area contributed by atoms with Gasteiger partial charge in [0, 0.05) is 13.6 Å². The van der Waals surface area contributed by atoms with Crippen molar-refractivity contribution in [3.8, 4) is 0 Å². The van der Waals surface area contributed by atoms with E-state index < -0.39 is 0 Å². The van der Waals surface area contributed by atoms with Crippen molar-refractivity contribution in [2.45, 2.75) is 6.54 Å². The maximum Gasteiger partial charge on any atom is 0.242 e. The van der Waals surface area contributed by atoms with E-state index in [-0.39, 0.29) is 0 Å². The van der Waals surface area contributed by atoms with Gasteiger partial charge in [0.05, 0.1) is 0 Å². The van der Waals surface area contributed by atoms with Crippen LogP contribution in [-0.2, 0) is 13.6 Å². The Morgan fingerprint density at radius 2 is 2.07 bits per heavy atom. The predicted molar refractivity (Wildman–Crippen MR) is 54.8 cm³/mol. The van der Waals surface area contributed by atoms with Gasteiger partial charge >= 0.3 is 0 Å². The fourth-order valence-electron chi connectivity index (χ4n) is 1.20. The SMILES string of the molecule is Cn1cnc(NCc2ccccc2)n1. The molecular formula is C10H12N4. The maximum absolute atomic E-state index is 4.12. The van der Waals surface area contributed by atoms with Crippen molar-refractivity contribution in [1.82, 2.24) is 14.8 Å². The quantitative estimate of drug-likeness (QED) is 0.792. The van der Waals surface area contributed by atoms with Crippen molar-refractivity contribution >= 4 is 5.95 Å². The molecule has 1 aromatic heterocycles. The van der Waals surface area contributed by atoms with Crippen molar-refractivity contribution < 1.29 is 0 Å². The van der Waals surface area contributed by atoms with Crippen molar-refractivity contribution in [2.24, 2.45) is 7.05 Å². The minimum absolute atomic E-state index is 0.663. The average molecular weight is 188 g/mol. The van der Waals surface area contributed by atoms with Gasteiger partial charge in [0.2, 0.25) is 5.95 Å². The third kappa shape index (κ3) is 2.10. The highest BCUT2D eigenvalue weighted by Crippen LogP contribution is 2.02. The Labute approximate surface area is 82.6 Å². The Morgan fingerprint density at radius 1 is 1.29 bits per heavy atom. The van der Waals surface area contributed by atoms with Gasteiger partial charge in [0.25, 0.3) is 0 Å². The van der Waals surface area contributed by atoms with E-state index in [1.807, 2.05) is 25.2 Å². The molecular weight excluding hydrogens is 176 g/mol. The van der Waals surface area contributed by atoms with E-state index in [9.17, 15) is 0 Å². The Kier molecular flexibility index (Phi) is 2.44. The van der Waals surface area contributed by atoms with Gasteiger partial charge < -0.3 is 5.32 Å². The van der Waals surface area contributed by atoms with Crippen LogP contribution in [0.5, 0.6) is 0 Å². The van der Waals surface area contributed by atoms with Crippen LogP contribution in [0.25, 0.3) is 0 Å². The molecule has 72 valence electrons. The smallest absolute Gasteiger partial charge is 0.242 e. The molecule has 0 atom stereocenters. The molecule has 0 saturated carbocycles. The van der Waals surface area contributed by atoms with Crippen LogP contribution in [0.4, 0.5) is 5.95 Å². The van der Waals surface area contributed by atoms with E-state index >= 15 is 0 Å². The number of aryl methyl sites for hydroxylation is 1. The van der Waals surface area contributed by atoms with Crippen molar-refractivity contribution in [3.63, 3.8) is 0 Å². The van der Waals surface area contributed by atoms with Gasteiger partial charge in [0.1, 0.15) is 6.33 Å². The molecule has 0 aliphatic heterocycles. The van der Waals surface area contributed by atoms with Gasteiger partial charge in [-0.1, -0.05) is 30.3 Å². The molecule has 1 heterocycles. The third-order valence-corrected chi connectivity index (χ3v) is 1.89. The largest absolute Gasteiger partial charge is 0.349 e. The summed E-state index contributed by atoms with van der Waals surface area (Å²) in [6.45, 7) is 0.755. The van der Waals surface area contributed by atoms with Crippen LogP contribution in [0.15, 0.2) is 36.7 Å². The lowest BCUT2D eigenvalue weighted by Crippen LogP contribution is -2.01. The molecule has 0 aliphatic carbocycles. The summed E-state index contributed by atoms with van der Waals surface area (Å²) in [4.78, 5) is 4.07. The van der Waals surface area contributed by atoms with Gasteiger partial charge in [-0.3, -0.25) is 4.68 Å². The molecule has 0 amide bonds. The maximum atomic E-state index is 4.12. The van der Waals surface area contributed by atoms with Crippen LogP contribution in [0.3, 0.4) is 0 Å². The number of anilines is 1. The normalized spacial score (nSPS) is 10.1. The first kappa shape index (κ1) is 8.74. The lowest BCUT2D eigenvalue weighted by molar-refractivity contribution is 0.766. The molecule has 0 radical (unpaired) electrons. The highest BCUT2D eigenvalue weighted by atomic mass is 15.4. The topological polar surface area (TPSA) is 42.7 Å². The molecule has 1 aromatic carbocycles. The van der Waals surface area contributed by atoms with Crippen LogP contribution in [-0.4, -0.2) is 14.8 Å². The first-order valence-corrected chi connectivity index (χ1v) is 4.48. The number of nitrogens with one attached hydrogen (secondary N) is 1. The average Bonchev–Trinajstić information content (AvgIpc) is 2.63. The minimum atomic E-state index is 0.663. The van der Waals surface area contributed by atoms with E-state index in [0.29, 0.717) is 5.95 Å². The molecule has 0 saturated heterocycles. The molecule has 0 fully saturated rings. The molecule has 14 heavy (non-hydrogen) atoms. The number of benzene rings is 1. The highest BCUT2D eigenvalue weighted by molar-refractivity contribution is 5.25. The summed E-state index contributed by atoms with van der Waals surface area (Å²) in [5.74, 6) is 0.663. The molecule has 4 nitrogen and oxygen atoms in total. The van der Waals surface area contributed by atoms with Crippen LogP contribution in [0, 0.1) is 0 Å². The fraction of sp³-hybridized carbons (Fsp3) is 0.200. The molecule has 2 rings (SSSR count). The summed E-state index contributed by atoms with van der Waals surface area (Å²) in [6, 6.07) is 10.2. The molecule has 0 bridgehead atoms. The Balaban J connectivity index is 1.95. The summed E-state index contributed by atoms with van der Waals surface area (Å²) < 4.78 is 1.67. The highest BCUT2D eigenvalue weighted by Gasteiger charge is 1.96. The van der Waals surface area contributed by atoms with Crippen LogP contribution < -0.4 is 5.32 Å². The first-order valence-electron chi connectivity index (χ1n) is 4.48. The van der Waals surface area contributed by atoms with E-state index in [0.717, 1.165) is 6.54 Å². The zero-order chi connectivity index (χ0) is 9.80. The van der Waals surface area contributed by atoms with Gasteiger partial charge in [0.15, 0.2) is 0 Å². The van der Waals surface area contributed by atoms with Crippen molar-refractivity contribution in [1.29, 1.82) is 0 Å². The second-order valence-electron chi connectivity index (χ2n) is 3.08. The zero-order valence-corrected chi connectivity index (χ0v) is 8.01. The lowest BCUT2D eigenvalue weighted by Gasteiger charge is -2.00. The molecule has 1 N–H and O–H groups in total. The van der Waals surface area contributed by atoms with Crippen LogP contribution in [0.2, 0.25) is 0 Å². The second kappa shape index (κ2) is 3.91. The summed E-state index contributed by atoms with van der Waals surface area (Å²) in [7, 11) is 1.85. The first-order chi connectivity index (χ1) is 6.84. The molecule has 4 heteroatoms. The van der Waals surface area contributed by atoms with Crippen molar-refractivity contribution in [2.75, 3.05) is 5.32 Å². The zero-order valence-electron chi connectivity index (χ0n) is 8.01. The predicted octanol–water partition coefficient (Wildman–Crippen LogP) is 1.43. The van der Waals surface area contributed by atoms with Gasteiger partial charge in [-0.15, -0.1) is 5.10 Å². The van der Waals surface area contributed by atoms with E-state index in [1.165, 1.54) is 5.56 Å². The second-order valence-corrected chi connectivity index (χ2v) is 3.08. The van der Waals surface area contributed by atoms with Gasteiger partial charge in [-0.25, -0.2) is 4.98 Å². The molecule has 2 aromatic rings. The summed E-state index contributed by atoms with van der Waals surface area (Å²) in [5, 5.41) is 7.26. The summed E-state index contributed by atoms with van der Waals surface area (Å²) in [5.41, 5.74) is 1.22. The Bertz CT molecular complexity index is 394. The van der Waals surface area contributed by atoms with E-state index in [4.69, 9.17) is 0 Å².